The van der Waals surface area contributed by atoms with Crippen molar-refractivity contribution in [3.8, 4) is 5.75 Å². The zero-order chi connectivity index (χ0) is 15.4. The van der Waals surface area contributed by atoms with Crippen LogP contribution in [0.15, 0.2) is 40.9 Å². The molecular formula is C17H19BrFNO. The third-order valence-electron chi connectivity index (χ3n) is 3.50. The van der Waals surface area contributed by atoms with Gasteiger partial charge in [-0.05, 0) is 56.3 Å². The van der Waals surface area contributed by atoms with Gasteiger partial charge >= 0.3 is 0 Å². The number of hydrogen-bond donors (Lipinski definition) is 1. The summed E-state index contributed by atoms with van der Waals surface area (Å²) in [7, 11) is 1.85. The normalized spacial score (nSPS) is 12.2. The SMILES string of the molecule is CNC(C)c1cc(F)c(C)cc1OCc1ccc(Br)cc1. The zero-order valence-corrected chi connectivity index (χ0v) is 14.0. The molecule has 0 radical (unpaired) electrons. The standard InChI is InChI=1S/C17H19BrFNO/c1-11-8-17(15(9-16(11)19)12(2)20-3)21-10-13-4-6-14(18)7-5-13/h4-9,12,20H,10H2,1-3H3. The molecule has 21 heavy (non-hydrogen) atoms. The van der Waals surface area contributed by atoms with Gasteiger partial charge in [0.2, 0.25) is 0 Å². The summed E-state index contributed by atoms with van der Waals surface area (Å²) in [4.78, 5) is 0. The van der Waals surface area contributed by atoms with E-state index >= 15 is 0 Å². The largest absolute Gasteiger partial charge is 0.489 e. The number of nitrogens with one attached hydrogen (secondary N) is 1. The van der Waals surface area contributed by atoms with Crippen molar-refractivity contribution in [1.82, 2.24) is 5.32 Å². The fourth-order valence-corrected chi connectivity index (χ4v) is 2.30. The number of rotatable bonds is 5. The summed E-state index contributed by atoms with van der Waals surface area (Å²) in [5, 5.41) is 3.12. The van der Waals surface area contributed by atoms with Crippen molar-refractivity contribution < 1.29 is 9.13 Å². The van der Waals surface area contributed by atoms with Crippen LogP contribution < -0.4 is 10.1 Å². The van der Waals surface area contributed by atoms with E-state index in [0.717, 1.165) is 21.3 Å². The lowest BCUT2D eigenvalue weighted by atomic mass is 10.0. The lowest BCUT2D eigenvalue weighted by Crippen LogP contribution is -2.14. The number of halogens is 2. The van der Waals surface area contributed by atoms with Crippen LogP contribution >= 0.6 is 15.9 Å². The van der Waals surface area contributed by atoms with Crippen LogP contribution in [-0.2, 0) is 6.61 Å². The van der Waals surface area contributed by atoms with Gasteiger partial charge in [0.25, 0.3) is 0 Å². The van der Waals surface area contributed by atoms with Crippen LogP contribution in [0.25, 0.3) is 0 Å². The summed E-state index contributed by atoms with van der Waals surface area (Å²) in [6, 6.07) is 11.3. The Balaban J connectivity index is 2.21. The molecule has 0 saturated heterocycles. The maximum atomic E-state index is 13.8. The Kier molecular flexibility index (Phi) is 5.37. The summed E-state index contributed by atoms with van der Waals surface area (Å²) < 4.78 is 20.7. The zero-order valence-electron chi connectivity index (χ0n) is 12.4. The van der Waals surface area contributed by atoms with Crippen molar-refractivity contribution in [2.45, 2.75) is 26.5 Å². The van der Waals surface area contributed by atoms with Crippen molar-refractivity contribution >= 4 is 15.9 Å². The fraction of sp³-hybridized carbons (Fsp3) is 0.294. The van der Waals surface area contributed by atoms with Crippen molar-refractivity contribution in [1.29, 1.82) is 0 Å². The van der Waals surface area contributed by atoms with E-state index in [4.69, 9.17) is 4.74 Å². The highest BCUT2D eigenvalue weighted by Crippen LogP contribution is 2.29. The van der Waals surface area contributed by atoms with Gasteiger partial charge in [-0.15, -0.1) is 0 Å². The summed E-state index contributed by atoms with van der Waals surface area (Å²) in [5.74, 6) is 0.516. The maximum absolute atomic E-state index is 13.8. The lowest BCUT2D eigenvalue weighted by Gasteiger charge is -2.18. The molecule has 0 aliphatic heterocycles. The minimum absolute atomic E-state index is 0.0278. The molecule has 0 bridgehead atoms. The van der Waals surface area contributed by atoms with Crippen molar-refractivity contribution in [2.75, 3.05) is 7.05 Å². The second kappa shape index (κ2) is 7.05. The van der Waals surface area contributed by atoms with E-state index in [-0.39, 0.29) is 11.9 Å². The molecule has 1 atom stereocenters. The molecular weight excluding hydrogens is 333 g/mol. The van der Waals surface area contributed by atoms with Gasteiger partial charge < -0.3 is 10.1 Å². The van der Waals surface area contributed by atoms with Gasteiger partial charge in [0.05, 0.1) is 0 Å². The molecule has 0 aliphatic carbocycles. The summed E-state index contributed by atoms with van der Waals surface area (Å²) in [6.07, 6.45) is 0. The maximum Gasteiger partial charge on any atom is 0.126 e. The second-order valence-electron chi connectivity index (χ2n) is 5.06. The van der Waals surface area contributed by atoms with E-state index < -0.39 is 0 Å². The number of hydrogen-bond acceptors (Lipinski definition) is 2. The average Bonchev–Trinajstić information content (AvgIpc) is 2.49. The monoisotopic (exact) mass is 351 g/mol. The molecule has 2 rings (SSSR count). The molecule has 2 aromatic carbocycles. The van der Waals surface area contributed by atoms with E-state index in [0.29, 0.717) is 12.2 Å². The second-order valence-corrected chi connectivity index (χ2v) is 5.98. The number of ether oxygens (including phenoxy) is 1. The topological polar surface area (TPSA) is 21.3 Å². The smallest absolute Gasteiger partial charge is 0.126 e. The Morgan fingerprint density at radius 3 is 2.52 bits per heavy atom. The highest BCUT2D eigenvalue weighted by atomic mass is 79.9. The predicted octanol–water partition coefficient (Wildman–Crippen LogP) is 4.76. The van der Waals surface area contributed by atoms with E-state index in [1.54, 1.807) is 19.1 Å². The first kappa shape index (κ1) is 16.0. The third-order valence-corrected chi connectivity index (χ3v) is 4.03. The summed E-state index contributed by atoms with van der Waals surface area (Å²) >= 11 is 3.41. The number of benzene rings is 2. The van der Waals surface area contributed by atoms with E-state index in [9.17, 15) is 4.39 Å². The molecule has 0 aliphatic rings. The Morgan fingerprint density at radius 1 is 1.24 bits per heavy atom. The lowest BCUT2D eigenvalue weighted by molar-refractivity contribution is 0.299. The molecule has 4 heteroatoms. The summed E-state index contributed by atoms with van der Waals surface area (Å²) in [6.45, 7) is 4.19. The van der Waals surface area contributed by atoms with Crippen LogP contribution in [0.1, 0.15) is 29.7 Å². The quantitative estimate of drug-likeness (QED) is 0.838. The van der Waals surface area contributed by atoms with Crippen molar-refractivity contribution in [2.24, 2.45) is 0 Å². The molecule has 0 aromatic heterocycles. The molecule has 0 saturated carbocycles. The van der Waals surface area contributed by atoms with Gasteiger partial charge in [-0.1, -0.05) is 28.1 Å². The van der Waals surface area contributed by atoms with Crippen LogP contribution in [0, 0.1) is 12.7 Å². The fourth-order valence-electron chi connectivity index (χ4n) is 2.03. The van der Waals surface area contributed by atoms with Crippen LogP contribution in [-0.4, -0.2) is 7.05 Å². The highest BCUT2D eigenvalue weighted by Gasteiger charge is 2.13. The Hall–Kier alpha value is -1.39. The van der Waals surface area contributed by atoms with E-state index in [1.165, 1.54) is 0 Å². The first-order chi connectivity index (χ1) is 10.0. The van der Waals surface area contributed by atoms with Gasteiger partial charge in [0.15, 0.2) is 0 Å². The molecule has 0 fully saturated rings. The molecule has 1 N–H and O–H groups in total. The van der Waals surface area contributed by atoms with Gasteiger partial charge in [-0.25, -0.2) is 4.39 Å². The minimum Gasteiger partial charge on any atom is -0.489 e. The molecule has 1 unspecified atom stereocenters. The Labute approximate surface area is 133 Å². The van der Waals surface area contributed by atoms with E-state index in [2.05, 4.69) is 21.2 Å². The average molecular weight is 352 g/mol. The van der Waals surface area contributed by atoms with Crippen LogP contribution in [0.2, 0.25) is 0 Å². The third kappa shape index (κ3) is 4.05. The predicted molar refractivity (Wildman–Crippen MR) is 87.1 cm³/mol. The molecule has 0 spiro atoms. The number of aryl methyl sites for hydroxylation is 1. The molecule has 2 aromatic rings. The van der Waals surface area contributed by atoms with Crippen LogP contribution in [0.5, 0.6) is 5.75 Å². The van der Waals surface area contributed by atoms with Gasteiger partial charge in [-0.2, -0.15) is 0 Å². The summed E-state index contributed by atoms with van der Waals surface area (Å²) in [5.41, 5.74) is 2.49. The van der Waals surface area contributed by atoms with Crippen LogP contribution in [0.3, 0.4) is 0 Å². The Bertz CT molecular complexity index is 613. The molecule has 2 nitrogen and oxygen atoms in total. The molecule has 112 valence electrons. The van der Waals surface area contributed by atoms with Gasteiger partial charge in [0, 0.05) is 16.1 Å². The highest BCUT2D eigenvalue weighted by molar-refractivity contribution is 9.10. The van der Waals surface area contributed by atoms with Gasteiger partial charge in [0.1, 0.15) is 18.2 Å². The first-order valence-corrected chi connectivity index (χ1v) is 7.65. The van der Waals surface area contributed by atoms with Crippen molar-refractivity contribution in [3.05, 3.63) is 63.4 Å². The first-order valence-electron chi connectivity index (χ1n) is 6.86. The van der Waals surface area contributed by atoms with E-state index in [1.807, 2.05) is 38.2 Å². The van der Waals surface area contributed by atoms with Crippen molar-refractivity contribution in [3.63, 3.8) is 0 Å². The Morgan fingerprint density at radius 2 is 1.90 bits per heavy atom. The van der Waals surface area contributed by atoms with Gasteiger partial charge in [-0.3, -0.25) is 0 Å². The molecule has 0 heterocycles. The minimum atomic E-state index is -0.205. The van der Waals surface area contributed by atoms with Crippen LogP contribution in [0.4, 0.5) is 4.39 Å². The molecule has 0 amide bonds.